The van der Waals surface area contributed by atoms with Crippen LogP contribution < -0.4 is 0 Å². The molecule has 1 aliphatic rings. The topological polar surface area (TPSA) is 66.9 Å². The minimum Gasteiger partial charge on any atom is -0.444 e. The summed E-state index contributed by atoms with van der Waals surface area (Å²) >= 11 is 0. The molecule has 0 atom stereocenters. The van der Waals surface area contributed by atoms with Gasteiger partial charge in [-0.25, -0.2) is 4.79 Å². The number of unbranched alkanes of at least 4 members (excludes halogenated alkanes) is 1. The summed E-state index contributed by atoms with van der Waals surface area (Å²) in [6, 6.07) is 0. The van der Waals surface area contributed by atoms with Gasteiger partial charge in [0.25, 0.3) is 0 Å². The van der Waals surface area contributed by atoms with Crippen molar-refractivity contribution in [3.05, 3.63) is 0 Å². The molecule has 0 spiro atoms. The number of rotatable bonds is 4. The van der Waals surface area contributed by atoms with Gasteiger partial charge in [0.15, 0.2) is 0 Å². The van der Waals surface area contributed by atoms with Gasteiger partial charge >= 0.3 is 6.09 Å². The normalized spacial score (nSPS) is 16.9. The summed E-state index contributed by atoms with van der Waals surface area (Å²) < 4.78 is 5.28. The molecule has 0 saturated carbocycles. The van der Waals surface area contributed by atoms with Crippen LogP contribution >= 0.6 is 0 Å². The molecule has 1 heterocycles. The van der Waals surface area contributed by atoms with Crippen LogP contribution in [-0.4, -0.2) is 59.9 Å². The number of nitrogens with zero attached hydrogens (tertiary/aromatic N) is 2. The number of hydrogen-bond acceptors (Lipinski definition) is 4. The highest BCUT2D eigenvalue weighted by Gasteiger charge is 2.27. The van der Waals surface area contributed by atoms with E-state index in [9.17, 15) is 14.4 Å². The van der Waals surface area contributed by atoms with Gasteiger partial charge in [0, 0.05) is 26.1 Å². The van der Waals surface area contributed by atoms with Gasteiger partial charge < -0.3 is 14.4 Å². The Morgan fingerprint density at radius 3 is 2.65 bits per heavy atom. The lowest BCUT2D eigenvalue weighted by atomic mass is 10.2. The van der Waals surface area contributed by atoms with Crippen molar-refractivity contribution in [1.29, 1.82) is 0 Å². The zero-order chi connectivity index (χ0) is 15.2. The van der Waals surface area contributed by atoms with Crippen molar-refractivity contribution in [2.45, 2.75) is 45.6 Å². The van der Waals surface area contributed by atoms with Crippen molar-refractivity contribution in [3.8, 4) is 0 Å². The fourth-order valence-corrected chi connectivity index (χ4v) is 2.00. The fraction of sp³-hybridized carbons (Fsp3) is 0.786. The first-order valence-electron chi connectivity index (χ1n) is 7.03. The van der Waals surface area contributed by atoms with Gasteiger partial charge in [-0.3, -0.25) is 9.69 Å². The van der Waals surface area contributed by atoms with E-state index < -0.39 is 11.7 Å². The molecule has 0 aromatic carbocycles. The second-order valence-corrected chi connectivity index (χ2v) is 5.95. The van der Waals surface area contributed by atoms with Crippen molar-refractivity contribution in [1.82, 2.24) is 9.80 Å². The van der Waals surface area contributed by atoms with E-state index >= 15 is 0 Å². The largest absolute Gasteiger partial charge is 0.444 e. The number of hydrogen-bond donors (Lipinski definition) is 0. The van der Waals surface area contributed by atoms with Gasteiger partial charge in [0.1, 0.15) is 18.4 Å². The standard InChI is InChI=1S/C14H24N2O4/c1-14(2,3)20-13(19)16-9-6-8-15(12(18)11-16)7-4-5-10-17/h10H,4-9,11H2,1-3H3. The zero-order valence-corrected chi connectivity index (χ0v) is 12.6. The first-order valence-corrected chi connectivity index (χ1v) is 7.03. The van der Waals surface area contributed by atoms with Crippen LogP contribution in [0.2, 0.25) is 0 Å². The molecule has 0 unspecified atom stereocenters. The van der Waals surface area contributed by atoms with Crippen LogP contribution in [-0.2, 0) is 14.3 Å². The Bertz CT molecular complexity index is 363. The highest BCUT2D eigenvalue weighted by atomic mass is 16.6. The Labute approximate surface area is 120 Å². The molecule has 1 fully saturated rings. The van der Waals surface area contributed by atoms with E-state index in [4.69, 9.17) is 4.74 Å². The molecule has 1 saturated heterocycles. The molecule has 20 heavy (non-hydrogen) atoms. The second kappa shape index (κ2) is 7.26. The SMILES string of the molecule is CC(C)(C)OC(=O)N1CCCN(CCCC=O)C(=O)C1. The summed E-state index contributed by atoms with van der Waals surface area (Å²) in [6.45, 7) is 7.17. The van der Waals surface area contributed by atoms with Gasteiger partial charge in [0.2, 0.25) is 5.91 Å². The Kier molecular flexibility index (Phi) is 5.98. The third-order valence-electron chi connectivity index (χ3n) is 2.94. The smallest absolute Gasteiger partial charge is 0.410 e. The maximum atomic E-state index is 12.1. The Morgan fingerprint density at radius 1 is 1.35 bits per heavy atom. The summed E-state index contributed by atoms with van der Waals surface area (Å²) in [6.07, 6.45) is 2.27. The highest BCUT2D eigenvalue weighted by Crippen LogP contribution is 2.12. The molecule has 1 rings (SSSR count). The minimum absolute atomic E-state index is 0.0516. The molecule has 6 nitrogen and oxygen atoms in total. The van der Waals surface area contributed by atoms with E-state index in [0.29, 0.717) is 32.5 Å². The molecule has 0 radical (unpaired) electrons. The number of carbonyl (C=O) groups excluding carboxylic acids is 3. The van der Waals surface area contributed by atoms with Crippen LogP contribution in [0, 0.1) is 0 Å². The predicted octanol–water partition coefficient (Wildman–Crippen LogP) is 1.43. The third-order valence-corrected chi connectivity index (χ3v) is 2.94. The Hall–Kier alpha value is -1.59. The number of carbonyl (C=O) groups is 3. The second-order valence-electron chi connectivity index (χ2n) is 5.95. The number of ether oxygens (including phenoxy) is 1. The minimum atomic E-state index is -0.559. The molecule has 0 aliphatic carbocycles. The lowest BCUT2D eigenvalue weighted by Gasteiger charge is -2.26. The molecule has 0 bridgehead atoms. The molecule has 6 heteroatoms. The summed E-state index contributed by atoms with van der Waals surface area (Å²) in [7, 11) is 0. The number of aldehydes is 1. The summed E-state index contributed by atoms with van der Waals surface area (Å²) in [5, 5.41) is 0. The molecule has 114 valence electrons. The highest BCUT2D eigenvalue weighted by molar-refractivity contribution is 5.82. The van der Waals surface area contributed by atoms with Crippen LogP contribution in [0.15, 0.2) is 0 Å². The zero-order valence-electron chi connectivity index (χ0n) is 12.6. The van der Waals surface area contributed by atoms with E-state index in [1.807, 2.05) is 0 Å². The van der Waals surface area contributed by atoms with E-state index in [-0.39, 0.29) is 12.5 Å². The third kappa shape index (κ3) is 5.59. The van der Waals surface area contributed by atoms with Crippen LogP contribution in [0.1, 0.15) is 40.0 Å². The van der Waals surface area contributed by atoms with E-state index in [0.717, 1.165) is 12.7 Å². The lowest BCUT2D eigenvalue weighted by Crippen LogP contribution is -2.42. The molecule has 0 aromatic rings. The van der Waals surface area contributed by atoms with Crippen molar-refractivity contribution in [2.24, 2.45) is 0 Å². The summed E-state index contributed by atoms with van der Waals surface area (Å²) in [5.74, 6) is -0.0840. The molecule has 2 amide bonds. The molecule has 0 N–H and O–H groups in total. The first kappa shape index (κ1) is 16.5. The average molecular weight is 284 g/mol. The Morgan fingerprint density at radius 2 is 2.05 bits per heavy atom. The predicted molar refractivity (Wildman–Crippen MR) is 74.3 cm³/mol. The van der Waals surface area contributed by atoms with Gasteiger partial charge in [-0.15, -0.1) is 0 Å². The molecular weight excluding hydrogens is 260 g/mol. The van der Waals surface area contributed by atoms with E-state index in [2.05, 4.69) is 0 Å². The molecular formula is C14H24N2O4. The van der Waals surface area contributed by atoms with Crippen molar-refractivity contribution < 1.29 is 19.1 Å². The van der Waals surface area contributed by atoms with Crippen molar-refractivity contribution >= 4 is 18.3 Å². The first-order chi connectivity index (χ1) is 9.33. The summed E-state index contributed by atoms with van der Waals surface area (Å²) in [5.41, 5.74) is -0.559. The lowest BCUT2D eigenvalue weighted by molar-refractivity contribution is -0.131. The van der Waals surface area contributed by atoms with Crippen molar-refractivity contribution in [3.63, 3.8) is 0 Å². The molecule has 1 aliphatic heterocycles. The van der Waals surface area contributed by atoms with Gasteiger partial charge in [-0.2, -0.15) is 0 Å². The molecule has 0 aromatic heterocycles. The van der Waals surface area contributed by atoms with E-state index in [1.54, 1.807) is 25.7 Å². The van der Waals surface area contributed by atoms with Crippen LogP contribution in [0.5, 0.6) is 0 Å². The quantitative estimate of drug-likeness (QED) is 0.578. The summed E-state index contributed by atoms with van der Waals surface area (Å²) in [4.78, 5) is 37.5. The average Bonchev–Trinajstić information content (AvgIpc) is 2.50. The van der Waals surface area contributed by atoms with E-state index in [1.165, 1.54) is 4.90 Å². The van der Waals surface area contributed by atoms with Gasteiger partial charge in [-0.1, -0.05) is 0 Å². The maximum Gasteiger partial charge on any atom is 0.410 e. The van der Waals surface area contributed by atoms with Crippen LogP contribution in [0.3, 0.4) is 0 Å². The van der Waals surface area contributed by atoms with Gasteiger partial charge in [-0.05, 0) is 33.6 Å². The Balaban J connectivity index is 2.53. The number of amides is 2. The van der Waals surface area contributed by atoms with Gasteiger partial charge in [0.05, 0.1) is 0 Å². The van der Waals surface area contributed by atoms with Crippen molar-refractivity contribution in [2.75, 3.05) is 26.2 Å². The van der Waals surface area contributed by atoms with Crippen LogP contribution in [0.25, 0.3) is 0 Å². The monoisotopic (exact) mass is 284 g/mol. The maximum absolute atomic E-state index is 12.1. The fourth-order valence-electron chi connectivity index (χ4n) is 2.00. The van der Waals surface area contributed by atoms with Crippen LogP contribution in [0.4, 0.5) is 4.79 Å².